The van der Waals surface area contributed by atoms with Gasteiger partial charge in [-0.2, -0.15) is 0 Å². The minimum Gasteiger partial charge on any atom is -0.372 e. The van der Waals surface area contributed by atoms with Crippen LogP contribution in [0.1, 0.15) is 40.9 Å². The molecule has 0 radical (unpaired) electrons. The first-order valence-corrected chi connectivity index (χ1v) is 8.24. The van der Waals surface area contributed by atoms with E-state index < -0.39 is 0 Å². The van der Waals surface area contributed by atoms with Gasteiger partial charge in [0.1, 0.15) is 0 Å². The number of anilines is 1. The zero-order chi connectivity index (χ0) is 16.8. The fourth-order valence-electron chi connectivity index (χ4n) is 2.76. The summed E-state index contributed by atoms with van der Waals surface area (Å²) in [4.78, 5) is 14.6. The van der Waals surface area contributed by atoms with Crippen LogP contribution in [-0.4, -0.2) is 19.0 Å². The van der Waals surface area contributed by atoms with Crippen LogP contribution in [0.5, 0.6) is 0 Å². The maximum absolute atomic E-state index is 12.3. The molecule has 0 saturated heterocycles. The van der Waals surface area contributed by atoms with Crippen LogP contribution in [0.15, 0.2) is 42.5 Å². The lowest BCUT2D eigenvalue weighted by molar-refractivity contribution is 0.0950. The number of hydrogen-bond acceptors (Lipinski definition) is 2. The van der Waals surface area contributed by atoms with Gasteiger partial charge in [0.2, 0.25) is 0 Å². The topological polar surface area (TPSA) is 32.3 Å². The van der Waals surface area contributed by atoms with Crippen LogP contribution in [0.25, 0.3) is 0 Å². The molecule has 2 rings (SSSR count). The van der Waals surface area contributed by atoms with Gasteiger partial charge in [-0.3, -0.25) is 4.79 Å². The first-order valence-electron chi connectivity index (χ1n) is 8.24. The zero-order valence-corrected chi connectivity index (χ0v) is 14.5. The summed E-state index contributed by atoms with van der Waals surface area (Å²) in [5.41, 5.74) is 5.26. The summed E-state index contributed by atoms with van der Waals surface area (Å²) in [7, 11) is 0. The summed E-state index contributed by atoms with van der Waals surface area (Å²) in [6.45, 7) is 10.9. The lowest BCUT2D eigenvalue weighted by Gasteiger charge is -2.21. The van der Waals surface area contributed by atoms with Crippen molar-refractivity contribution in [3.05, 3.63) is 64.7 Å². The van der Waals surface area contributed by atoms with E-state index in [1.807, 2.05) is 32.0 Å². The van der Waals surface area contributed by atoms with Crippen LogP contribution in [0.4, 0.5) is 5.69 Å². The predicted molar refractivity (Wildman–Crippen MR) is 97.1 cm³/mol. The van der Waals surface area contributed by atoms with Crippen LogP contribution in [-0.2, 0) is 6.54 Å². The van der Waals surface area contributed by atoms with E-state index in [9.17, 15) is 4.79 Å². The van der Waals surface area contributed by atoms with E-state index in [0.717, 1.165) is 29.8 Å². The quantitative estimate of drug-likeness (QED) is 0.872. The van der Waals surface area contributed by atoms with Gasteiger partial charge < -0.3 is 10.2 Å². The Labute approximate surface area is 139 Å². The van der Waals surface area contributed by atoms with E-state index in [1.54, 1.807) is 0 Å². The minimum absolute atomic E-state index is 0.0182. The van der Waals surface area contributed by atoms with E-state index in [-0.39, 0.29) is 5.91 Å². The number of hydrogen-bond donors (Lipinski definition) is 1. The molecule has 0 bridgehead atoms. The van der Waals surface area contributed by atoms with Crippen molar-refractivity contribution >= 4 is 11.6 Å². The summed E-state index contributed by atoms with van der Waals surface area (Å²) in [6.07, 6.45) is 0. The fourth-order valence-corrected chi connectivity index (χ4v) is 2.76. The summed E-state index contributed by atoms with van der Waals surface area (Å²) in [5, 5.41) is 3.00. The summed E-state index contributed by atoms with van der Waals surface area (Å²) < 4.78 is 0. The van der Waals surface area contributed by atoms with Crippen molar-refractivity contribution in [3.63, 3.8) is 0 Å². The molecule has 2 aromatic rings. The number of amides is 1. The second-order valence-electron chi connectivity index (χ2n) is 5.84. The molecule has 2 aromatic carbocycles. The Bertz CT molecular complexity index is 658. The van der Waals surface area contributed by atoms with E-state index >= 15 is 0 Å². The SMILES string of the molecule is CCN(CC)c1ccc(CNC(=O)c2ccc(C)cc2C)cc1. The standard InChI is InChI=1S/C20H26N2O/c1-5-22(6-2)18-10-8-17(9-11-18)14-21-20(23)19-12-7-15(3)13-16(19)4/h7-13H,5-6,14H2,1-4H3,(H,21,23). The second kappa shape index (κ2) is 7.82. The summed E-state index contributed by atoms with van der Waals surface area (Å²) >= 11 is 0. The second-order valence-corrected chi connectivity index (χ2v) is 5.84. The van der Waals surface area contributed by atoms with Gasteiger partial charge in [0.25, 0.3) is 5.91 Å². The average Bonchev–Trinajstić information content (AvgIpc) is 2.55. The maximum atomic E-state index is 12.3. The minimum atomic E-state index is -0.0182. The molecule has 3 nitrogen and oxygen atoms in total. The van der Waals surface area contributed by atoms with Crippen molar-refractivity contribution in [2.75, 3.05) is 18.0 Å². The van der Waals surface area contributed by atoms with E-state index in [2.05, 4.69) is 48.3 Å². The number of rotatable bonds is 6. The van der Waals surface area contributed by atoms with Crippen molar-refractivity contribution in [3.8, 4) is 0 Å². The first-order chi connectivity index (χ1) is 11.0. The van der Waals surface area contributed by atoms with Crippen LogP contribution in [0, 0.1) is 13.8 Å². The zero-order valence-electron chi connectivity index (χ0n) is 14.5. The van der Waals surface area contributed by atoms with Gasteiger partial charge in [0.05, 0.1) is 0 Å². The van der Waals surface area contributed by atoms with Gasteiger partial charge in [0.15, 0.2) is 0 Å². The smallest absolute Gasteiger partial charge is 0.251 e. The van der Waals surface area contributed by atoms with Gasteiger partial charge >= 0.3 is 0 Å². The summed E-state index contributed by atoms with van der Waals surface area (Å²) in [5.74, 6) is -0.0182. The van der Waals surface area contributed by atoms with E-state index in [1.165, 1.54) is 11.3 Å². The Kier molecular flexibility index (Phi) is 5.80. The van der Waals surface area contributed by atoms with Gasteiger partial charge in [-0.05, 0) is 57.0 Å². The molecule has 0 aromatic heterocycles. The normalized spacial score (nSPS) is 10.4. The van der Waals surface area contributed by atoms with E-state index in [4.69, 9.17) is 0 Å². The highest BCUT2D eigenvalue weighted by atomic mass is 16.1. The Hall–Kier alpha value is -2.29. The molecule has 1 N–H and O–H groups in total. The number of nitrogens with one attached hydrogen (secondary N) is 1. The molecule has 0 unspecified atom stereocenters. The van der Waals surface area contributed by atoms with Crippen molar-refractivity contribution < 1.29 is 4.79 Å². The average molecular weight is 310 g/mol. The van der Waals surface area contributed by atoms with Crippen molar-refractivity contribution in [2.45, 2.75) is 34.2 Å². The summed E-state index contributed by atoms with van der Waals surface area (Å²) in [6, 6.07) is 14.3. The lowest BCUT2D eigenvalue weighted by Crippen LogP contribution is -2.24. The Morgan fingerprint density at radius 2 is 1.65 bits per heavy atom. The van der Waals surface area contributed by atoms with Gasteiger partial charge in [-0.15, -0.1) is 0 Å². The van der Waals surface area contributed by atoms with Gasteiger partial charge in [-0.25, -0.2) is 0 Å². The molecule has 0 fully saturated rings. The third-order valence-electron chi connectivity index (χ3n) is 4.14. The Balaban J connectivity index is 1.99. The monoisotopic (exact) mass is 310 g/mol. The van der Waals surface area contributed by atoms with Crippen LogP contribution >= 0.6 is 0 Å². The van der Waals surface area contributed by atoms with Crippen LogP contribution in [0.3, 0.4) is 0 Å². The highest BCUT2D eigenvalue weighted by Gasteiger charge is 2.08. The number of nitrogens with zero attached hydrogens (tertiary/aromatic N) is 1. The number of carbonyl (C=O) groups excluding carboxylic acids is 1. The van der Waals surface area contributed by atoms with Crippen molar-refractivity contribution in [2.24, 2.45) is 0 Å². The van der Waals surface area contributed by atoms with Crippen molar-refractivity contribution in [1.29, 1.82) is 0 Å². The van der Waals surface area contributed by atoms with Crippen molar-refractivity contribution in [1.82, 2.24) is 5.32 Å². The molecule has 1 amide bonds. The largest absolute Gasteiger partial charge is 0.372 e. The molecule has 0 saturated carbocycles. The molecular weight excluding hydrogens is 284 g/mol. The molecule has 0 aliphatic heterocycles. The molecule has 122 valence electrons. The number of aryl methyl sites for hydroxylation is 2. The highest BCUT2D eigenvalue weighted by molar-refractivity contribution is 5.95. The Morgan fingerprint density at radius 1 is 1.00 bits per heavy atom. The maximum Gasteiger partial charge on any atom is 0.251 e. The number of carbonyl (C=O) groups is 1. The first kappa shape index (κ1) is 17.1. The molecule has 3 heteroatoms. The molecule has 0 atom stereocenters. The third kappa shape index (κ3) is 4.35. The molecule has 0 heterocycles. The molecular formula is C20H26N2O. The predicted octanol–water partition coefficient (Wildman–Crippen LogP) is 4.08. The highest BCUT2D eigenvalue weighted by Crippen LogP contribution is 2.15. The number of benzene rings is 2. The molecule has 0 spiro atoms. The third-order valence-corrected chi connectivity index (χ3v) is 4.14. The molecule has 23 heavy (non-hydrogen) atoms. The Morgan fingerprint density at radius 3 is 2.22 bits per heavy atom. The molecule has 0 aliphatic carbocycles. The van der Waals surface area contributed by atoms with Gasteiger partial charge in [0, 0.05) is 30.9 Å². The van der Waals surface area contributed by atoms with Gasteiger partial charge in [-0.1, -0.05) is 29.8 Å². The lowest BCUT2D eigenvalue weighted by atomic mass is 10.1. The van der Waals surface area contributed by atoms with Crippen LogP contribution in [0.2, 0.25) is 0 Å². The van der Waals surface area contributed by atoms with E-state index in [0.29, 0.717) is 6.54 Å². The van der Waals surface area contributed by atoms with Crippen LogP contribution < -0.4 is 10.2 Å². The fraction of sp³-hybridized carbons (Fsp3) is 0.350. The molecule has 0 aliphatic rings.